The Labute approximate surface area is 278 Å². The Morgan fingerprint density at radius 1 is 0.600 bits per heavy atom. The number of hydrogen-bond acceptors (Lipinski definition) is 4. The highest BCUT2D eigenvalue weighted by Gasteiger charge is 2.24. The molecule has 0 saturated heterocycles. The molecule has 1 amide bonds. The third-order valence-electron chi connectivity index (χ3n) is 8.31. The molecule has 0 aromatic heterocycles. The van der Waals surface area contributed by atoms with Crippen molar-refractivity contribution in [2.24, 2.45) is 0 Å². The predicted molar refractivity (Wildman–Crippen MR) is 193 cm³/mol. The van der Waals surface area contributed by atoms with Crippen LogP contribution in [0.1, 0.15) is 181 Å². The molecule has 0 spiro atoms. The second-order valence-corrected chi connectivity index (χ2v) is 14.4. The van der Waals surface area contributed by atoms with Crippen molar-refractivity contribution in [2.45, 2.75) is 193 Å². The lowest BCUT2D eigenvalue weighted by Gasteiger charge is -2.21. The van der Waals surface area contributed by atoms with E-state index in [0.29, 0.717) is 6.42 Å². The zero-order valence-corrected chi connectivity index (χ0v) is 30.1. The number of rotatable bonds is 33. The third kappa shape index (κ3) is 33.7. The van der Waals surface area contributed by atoms with Crippen LogP contribution in [-0.2, 0) is 14.9 Å². The van der Waals surface area contributed by atoms with Gasteiger partial charge in [0, 0.05) is 6.42 Å². The maximum atomic E-state index is 12.4. The number of amides is 1. The summed E-state index contributed by atoms with van der Waals surface area (Å²) < 4.78 is 32.3. The lowest BCUT2D eigenvalue weighted by atomic mass is 10.1. The van der Waals surface area contributed by atoms with Gasteiger partial charge in [-0.25, -0.2) is 0 Å². The van der Waals surface area contributed by atoms with E-state index in [1.165, 1.54) is 116 Å². The van der Waals surface area contributed by atoms with E-state index in [4.69, 9.17) is 0 Å². The summed E-state index contributed by atoms with van der Waals surface area (Å²) in [6, 6.07) is -1.06. The van der Waals surface area contributed by atoms with Crippen molar-refractivity contribution in [3.05, 3.63) is 36.5 Å². The van der Waals surface area contributed by atoms with Gasteiger partial charge in [0.15, 0.2) is 0 Å². The summed E-state index contributed by atoms with van der Waals surface area (Å²) in [4.78, 5) is 12.4. The third-order valence-corrected chi connectivity index (χ3v) is 9.09. The normalized spacial score (nSPS) is 13.8. The second kappa shape index (κ2) is 32.5. The summed E-state index contributed by atoms with van der Waals surface area (Å²) in [5.74, 6) is -0.986. The van der Waals surface area contributed by atoms with E-state index in [2.05, 4.69) is 43.5 Å². The van der Waals surface area contributed by atoms with Gasteiger partial charge in [-0.15, -0.1) is 0 Å². The van der Waals surface area contributed by atoms with Gasteiger partial charge in [0.2, 0.25) is 5.91 Å². The van der Waals surface area contributed by atoms with Crippen molar-refractivity contribution < 1.29 is 22.9 Å². The summed E-state index contributed by atoms with van der Waals surface area (Å²) in [5.41, 5.74) is 0. The number of nitrogens with one attached hydrogen (secondary N) is 1. The molecule has 3 N–H and O–H groups in total. The zero-order valence-electron chi connectivity index (χ0n) is 29.2. The second-order valence-electron chi connectivity index (χ2n) is 12.9. The number of carbonyl (C=O) groups is 1. The first-order valence-electron chi connectivity index (χ1n) is 18.7. The Kier molecular flexibility index (Phi) is 31.5. The standard InChI is InChI=1S/C38H71NO5S/c1-3-5-7-9-11-13-14-15-16-17-18-19-20-21-22-23-24-26-28-30-32-34-38(41)39-36(35-45(42,43)44)37(40)33-31-29-27-25-12-10-8-6-4-2/h14-15,17-18,31,33,36-37,40H,3-13,16,19-30,32,34-35H2,1-2H3,(H,39,41)(H,42,43,44)/b15-14-,18-17-,33-31+. The summed E-state index contributed by atoms with van der Waals surface area (Å²) in [5, 5.41) is 13.1. The molecule has 2 unspecified atom stereocenters. The van der Waals surface area contributed by atoms with Crippen molar-refractivity contribution in [1.82, 2.24) is 5.32 Å². The van der Waals surface area contributed by atoms with Crippen molar-refractivity contribution in [2.75, 3.05) is 5.75 Å². The molecule has 2 atom stereocenters. The van der Waals surface area contributed by atoms with Gasteiger partial charge in [-0.2, -0.15) is 8.42 Å². The molecule has 0 aromatic carbocycles. The fraction of sp³-hybridized carbons (Fsp3) is 0.816. The molecular weight excluding hydrogens is 582 g/mol. The van der Waals surface area contributed by atoms with E-state index in [-0.39, 0.29) is 5.91 Å². The van der Waals surface area contributed by atoms with Crippen LogP contribution in [-0.4, -0.2) is 41.9 Å². The molecular formula is C38H71NO5S. The highest BCUT2D eigenvalue weighted by Crippen LogP contribution is 2.13. The summed E-state index contributed by atoms with van der Waals surface area (Å²) in [7, 11) is -4.33. The zero-order chi connectivity index (χ0) is 33.3. The van der Waals surface area contributed by atoms with Crippen LogP contribution in [0.2, 0.25) is 0 Å². The number of hydrogen-bond donors (Lipinski definition) is 3. The first kappa shape index (κ1) is 43.6. The topological polar surface area (TPSA) is 104 Å². The van der Waals surface area contributed by atoms with Crippen molar-refractivity contribution in [1.29, 1.82) is 0 Å². The Hall–Kier alpha value is -1.44. The van der Waals surface area contributed by atoms with Crippen LogP contribution in [0.3, 0.4) is 0 Å². The average molecular weight is 654 g/mol. The molecule has 6 nitrogen and oxygen atoms in total. The Bertz CT molecular complexity index is 852. The lowest BCUT2D eigenvalue weighted by Crippen LogP contribution is -2.46. The molecule has 0 aliphatic carbocycles. The SMILES string of the molecule is CCCCCCC/C=C\C/C=C\CCCCCCCCCCCC(=O)NC(CS(=O)(=O)O)C(O)/C=C/CCCCCCCCC. The van der Waals surface area contributed by atoms with Gasteiger partial charge in [0.05, 0.1) is 17.9 Å². The van der Waals surface area contributed by atoms with Crippen molar-refractivity contribution >= 4 is 16.0 Å². The van der Waals surface area contributed by atoms with Gasteiger partial charge in [0.1, 0.15) is 0 Å². The molecule has 7 heteroatoms. The fourth-order valence-electron chi connectivity index (χ4n) is 5.48. The minimum Gasteiger partial charge on any atom is -0.387 e. The molecule has 264 valence electrons. The maximum absolute atomic E-state index is 12.4. The molecule has 0 saturated carbocycles. The minimum absolute atomic E-state index is 0.286. The molecule has 0 aromatic rings. The van der Waals surface area contributed by atoms with Crippen LogP contribution in [0, 0.1) is 0 Å². The van der Waals surface area contributed by atoms with Gasteiger partial charge in [-0.3, -0.25) is 9.35 Å². The number of aliphatic hydroxyl groups excluding tert-OH is 1. The van der Waals surface area contributed by atoms with Crippen molar-refractivity contribution in [3.8, 4) is 0 Å². The summed E-state index contributed by atoms with van der Waals surface area (Å²) >= 11 is 0. The largest absolute Gasteiger partial charge is 0.387 e. The van der Waals surface area contributed by atoms with E-state index in [9.17, 15) is 22.9 Å². The average Bonchev–Trinajstić information content (AvgIpc) is 3.00. The fourth-order valence-corrected chi connectivity index (χ4v) is 6.21. The van der Waals surface area contributed by atoms with E-state index in [1.807, 2.05) is 6.08 Å². The summed E-state index contributed by atoms with van der Waals surface area (Å²) in [6.07, 6.45) is 41.4. The van der Waals surface area contributed by atoms with Crippen LogP contribution in [0.5, 0.6) is 0 Å². The molecule has 0 heterocycles. The molecule has 0 fully saturated rings. The van der Waals surface area contributed by atoms with Crippen LogP contribution in [0.15, 0.2) is 36.5 Å². The number of unbranched alkanes of at least 4 members (excludes halogenated alkanes) is 21. The van der Waals surface area contributed by atoms with Crippen molar-refractivity contribution in [3.63, 3.8) is 0 Å². The Balaban J connectivity index is 3.88. The van der Waals surface area contributed by atoms with Gasteiger partial charge in [-0.1, -0.05) is 159 Å². The van der Waals surface area contributed by atoms with Gasteiger partial charge in [-0.05, 0) is 51.4 Å². The monoisotopic (exact) mass is 654 g/mol. The first-order chi connectivity index (χ1) is 21.8. The van der Waals surface area contributed by atoms with Crippen LogP contribution in [0.25, 0.3) is 0 Å². The minimum atomic E-state index is -4.33. The molecule has 0 bridgehead atoms. The van der Waals surface area contributed by atoms with Gasteiger partial charge in [0.25, 0.3) is 10.1 Å². The smallest absolute Gasteiger partial charge is 0.267 e. The molecule has 0 aliphatic rings. The van der Waals surface area contributed by atoms with Gasteiger partial charge < -0.3 is 10.4 Å². The van der Waals surface area contributed by atoms with Crippen LogP contribution >= 0.6 is 0 Å². The van der Waals surface area contributed by atoms with E-state index in [0.717, 1.165) is 44.9 Å². The summed E-state index contributed by atoms with van der Waals surface area (Å²) in [6.45, 7) is 4.46. The van der Waals surface area contributed by atoms with Crippen LogP contribution < -0.4 is 5.32 Å². The van der Waals surface area contributed by atoms with E-state index < -0.39 is 28.0 Å². The molecule has 0 radical (unpaired) electrons. The van der Waals surface area contributed by atoms with E-state index in [1.54, 1.807) is 6.08 Å². The van der Waals surface area contributed by atoms with Gasteiger partial charge >= 0.3 is 0 Å². The van der Waals surface area contributed by atoms with Crippen LogP contribution in [0.4, 0.5) is 0 Å². The highest BCUT2D eigenvalue weighted by atomic mass is 32.2. The lowest BCUT2D eigenvalue weighted by molar-refractivity contribution is -0.122. The van der Waals surface area contributed by atoms with E-state index >= 15 is 0 Å². The highest BCUT2D eigenvalue weighted by molar-refractivity contribution is 7.85. The molecule has 45 heavy (non-hydrogen) atoms. The Morgan fingerprint density at radius 3 is 1.44 bits per heavy atom. The maximum Gasteiger partial charge on any atom is 0.267 e. The number of aliphatic hydroxyl groups is 1. The number of allylic oxidation sites excluding steroid dienone is 5. The number of carbonyl (C=O) groups excluding carboxylic acids is 1. The Morgan fingerprint density at radius 2 is 1.00 bits per heavy atom. The first-order valence-corrected chi connectivity index (χ1v) is 20.3. The molecule has 0 aliphatic heterocycles. The quantitative estimate of drug-likeness (QED) is 0.0371. The predicted octanol–water partition coefficient (Wildman–Crippen LogP) is 10.6. The molecule has 0 rings (SSSR count).